The van der Waals surface area contributed by atoms with Crippen molar-refractivity contribution >= 4 is 11.9 Å². The number of nitrogens with zero attached hydrogens (tertiary/aromatic N) is 4. The molecule has 1 fully saturated rings. The molecule has 0 aliphatic carbocycles. The maximum absolute atomic E-state index is 14.3. The number of fused-ring (bicyclic) bond motifs is 1. The molecule has 0 amide bonds. The molecule has 2 aromatic carbocycles. The Hall–Kier alpha value is -3.72. The van der Waals surface area contributed by atoms with Crippen LogP contribution in [-0.4, -0.2) is 53.3 Å². The first-order chi connectivity index (χ1) is 18.5. The fourth-order valence-corrected chi connectivity index (χ4v) is 5.12. The van der Waals surface area contributed by atoms with Crippen LogP contribution in [-0.2, 0) is 9.57 Å². The number of imidazole rings is 1. The molecule has 208 valence electrons. The van der Waals surface area contributed by atoms with Gasteiger partial charge in [0, 0.05) is 25.4 Å². The predicted molar refractivity (Wildman–Crippen MR) is 148 cm³/mol. The number of aryl methyl sites for hydroxylation is 1. The van der Waals surface area contributed by atoms with Gasteiger partial charge in [-0.3, -0.25) is 0 Å². The summed E-state index contributed by atoms with van der Waals surface area (Å²) in [6.45, 7) is 5.32. The average Bonchev–Trinajstić information content (AvgIpc) is 3.23. The Morgan fingerprint density at radius 3 is 2.64 bits per heavy atom. The number of benzene rings is 2. The van der Waals surface area contributed by atoms with E-state index in [2.05, 4.69) is 21.1 Å². The van der Waals surface area contributed by atoms with Crippen molar-refractivity contribution in [3.63, 3.8) is 0 Å². The summed E-state index contributed by atoms with van der Waals surface area (Å²) in [7, 11) is 1.64. The highest BCUT2D eigenvalue weighted by Crippen LogP contribution is 2.36. The van der Waals surface area contributed by atoms with Gasteiger partial charge in [0.05, 0.1) is 30.9 Å². The van der Waals surface area contributed by atoms with Gasteiger partial charge in [0.15, 0.2) is 5.84 Å². The van der Waals surface area contributed by atoms with Crippen molar-refractivity contribution < 1.29 is 23.1 Å². The highest BCUT2D eigenvalue weighted by Gasteiger charge is 2.38. The smallest absolute Gasteiger partial charge is 0.172 e. The van der Waals surface area contributed by atoms with Crippen molar-refractivity contribution in [2.75, 3.05) is 26.9 Å². The highest BCUT2D eigenvalue weighted by molar-refractivity contribution is 6.02. The summed E-state index contributed by atoms with van der Waals surface area (Å²) in [4.78, 5) is 12.1. The molecule has 3 heterocycles. The summed E-state index contributed by atoms with van der Waals surface area (Å²) in [6.07, 6.45) is 7.78. The van der Waals surface area contributed by atoms with Gasteiger partial charge >= 0.3 is 0 Å². The molecular weight excluding hydrogens is 502 g/mol. The van der Waals surface area contributed by atoms with Crippen LogP contribution in [0.5, 0.6) is 5.75 Å². The second-order valence-electron chi connectivity index (χ2n) is 9.59. The molecule has 0 spiro atoms. The third-order valence-electron chi connectivity index (χ3n) is 6.78. The first-order valence-corrected chi connectivity index (χ1v) is 12.9. The number of piperidine rings is 1. The fraction of sp³-hybridized carbons (Fsp3) is 0.400. The van der Waals surface area contributed by atoms with E-state index in [0.29, 0.717) is 30.3 Å². The van der Waals surface area contributed by atoms with Gasteiger partial charge in [-0.15, -0.1) is 0 Å². The van der Waals surface area contributed by atoms with E-state index in [1.807, 2.05) is 42.8 Å². The van der Waals surface area contributed by atoms with Crippen molar-refractivity contribution in [3.8, 4) is 11.4 Å². The maximum Gasteiger partial charge on any atom is 0.172 e. The lowest BCUT2D eigenvalue weighted by molar-refractivity contribution is -0.0405. The van der Waals surface area contributed by atoms with E-state index in [9.17, 15) is 8.78 Å². The lowest BCUT2D eigenvalue weighted by Gasteiger charge is -2.39. The van der Waals surface area contributed by atoms with Crippen molar-refractivity contribution in [2.45, 2.75) is 52.7 Å². The summed E-state index contributed by atoms with van der Waals surface area (Å²) in [6, 6.07) is 9.17. The van der Waals surface area contributed by atoms with Crippen molar-refractivity contribution in [3.05, 3.63) is 83.0 Å². The Balaban J connectivity index is 0.00000353. The molecule has 9 heteroatoms. The van der Waals surface area contributed by atoms with Gasteiger partial charge in [0.2, 0.25) is 0 Å². The number of ether oxygens (including phenoxy) is 2. The van der Waals surface area contributed by atoms with Crippen LogP contribution in [0.1, 0.15) is 56.5 Å². The predicted octanol–water partition coefficient (Wildman–Crippen LogP) is 6.46. The quantitative estimate of drug-likeness (QED) is 0.345. The second-order valence-corrected chi connectivity index (χ2v) is 9.59. The summed E-state index contributed by atoms with van der Waals surface area (Å²) in [5.74, 6) is 0.128. The third kappa shape index (κ3) is 6.14. The molecule has 0 N–H and O–H groups in total. The van der Waals surface area contributed by atoms with Crippen LogP contribution in [0.15, 0.2) is 59.7 Å². The van der Waals surface area contributed by atoms with E-state index in [0.717, 1.165) is 47.8 Å². The first-order valence-electron chi connectivity index (χ1n) is 12.9. The molecule has 3 aromatic rings. The number of halogens is 2. The molecule has 7 nitrogen and oxygen atoms in total. The van der Waals surface area contributed by atoms with Crippen LogP contribution < -0.4 is 4.74 Å². The Labute approximate surface area is 228 Å². The lowest BCUT2D eigenvalue weighted by atomic mass is 9.93. The number of oxime groups is 1. The van der Waals surface area contributed by atoms with E-state index in [1.165, 1.54) is 12.1 Å². The summed E-state index contributed by atoms with van der Waals surface area (Å²) in [5, 5.41) is 4.48. The van der Waals surface area contributed by atoms with Gasteiger partial charge < -0.3 is 23.8 Å². The van der Waals surface area contributed by atoms with Gasteiger partial charge in [0.1, 0.15) is 30.1 Å². The SMILES string of the molecule is C.CCCO[C@@H]1CON=C2/C(=C/c3ccc(-n4cnc(C)c4)c(OC)c3)CCCN2[C@H]1c1cc(F)cc(F)c1. The Bertz CT molecular complexity index is 1330. The van der Waals surface area contributed by atoms with Crippen LogP contribution in [0.4, 0.5) is 8.78 Å². The van der Waals surface area contributed by atoms with Crippen LogP contribution in [0.25, 0.3) is 11.8 Å². The van der Waals surface area contributed by atoms with Crippen molar-refractivity contribution in [2.24, 2.45) is 5.16 Å². The summed E-state index contributed by atoms with van der Waals surface area (Å²) in [5.41, 5.74) is 4.23. The first kappa shape index (κ1) is 28.3. The molecule has 0 unspecified atom stereocenters. The van der Waals surface area contributed by atoms with Gasteiger partial charge in [0.25, 0.3) is 0 Å². The molecule has 2 atom stereocenters. The molecule has 2 aliphatic heterocycles. The lowest BCUT2D eigenvalue weighted by Crippen LogP contribution is -2.45. The Kier molecular flexibility index (Phi) is 9.01. The molecular formula is C30H36F2N4O3. The van der Waals surface area contributed by atoms with Gasteiger partial charge in [-0.25, -0.2) is 13.8 Å². The van der Waals surface area contributed by atoms with E-state index in [1.54, 1.807) is 13.4 Å². The van der Waals surface area contributed by atoms with E-state index >= 15 is 0 Å². The van der Waals surface area contributed by atoms with E-state index < -0.39 is 23.8 Å². The maximum atomic E-state index is 14.3. The molecule has 0 radical (unpaired) electrons. The molecule has 2 aliphatic rings. The third-order valence-corrected chi connectivity index (χ3v) is 6.78. The Morgan fingerprint density at radius 1 is 1.15 bits per heavy atom. The minimum atomic E-state index is -0.619. The van der Waals surface area contributed by atoms with Crippen LogP contribution in [0.3, 0.4) is 0 Å². The zero-order chi connectivity index (χ0) is 26.6. The van der Waals surface area contributed by atoms with E-state index in [4.69, 9.17) is 14.3 Å². The molecule has 5 rings (SSSR count). The van der Waals surface area contributed by atoms with E-state index in [-0.39, 0.29) is 14.0 Å². The monoisotopic (exact) mass is 538 g/mol. The molecule has 1 saturated heterocycles. The number of amidine groups is 1. The number of hydrogen-bond donors (Lipinski definition) is 0. The zero-order valence-corrected chi connectivity index (χ0v) is 21.9. The van der Waals surface area contributed by atoms with Crippen LogP contribution in [0.2, 0.25) is 0 Å². The van der Waals surface area contributed by atoms with Crippen LogP contribution >= 0.6 is 0 Å². The van der Waals surface area contributed by atoms with Gasteiger partial charge in [-0.1, -0.05) is 25.6 Å². The fourth-order valence-electron chi connectivity index (χ4n) is 5.12. The minimum Gasteiger partial charge on any atom is -0.495 e. The van der Waals surface area contributed by atoms with Gasteiger partial charge in [-0.05, 0) is 73.2 Å². The molecule has 39 heavy (non-hydrogen) atoms. The average molecular weight is 539 g/mol. The van der Waals surface area contributed by atoms with Gasteiger partial charge in [-0.2, -0.15) is 0 Å². The number of hydrogen-bond acceptors (Lipinski definition) is 6. The zero-order valence-electron chi connectivity index (χ0n) is 21.9. The largest absolute Gasteiger partial charge is 0.495 e. The normalized spacial score (nSPS) is 20.0. The standard InChI is InChI=1S/C29H32F2N4O3.CH4/c1-4-10-37-27-17-38-33-29-21(6-5-9-35(29)28(27)22-13-23(30)15-24(31)14-22)11-20-7-8-25(26(12-20)36-3)34-16-19(2)32-18-34;/h7-8,11-16,18,27-28H,4-6,9-10,17H2,1-3H3;1H4/b21-11+;/t27-,28+;/m1./s1. The summed E-state index contributed by atoms with van der Waals surface area (Å²) >= 11 is 0. The molecule has 0 saturated carbocycles. The van der Waals surface area contributed by atoms with Crippen molar-refractivity contribution in [1.29, 1.82) is 0 Å². The minimum absolute atomic E-state index is 0. The second kappa shape index (κ2) is 12.4. The highest BCUT2D eigenvalue weighted by atomic mass is 19.1. The number of aromatic nitrogens is 2. The van der Waals surface area contributed by atoms with Crippen LogP contribution in [0, 0.1) is 18.6 Å². The molecule has 1 aromatic heterocycles. The topological polar surface area (TPSA) is 61.1 Å². The molecule has 0 bridgehead atoms. The Morgan fingerprint density at radius 2 is 1.95 bits per heavy atom. The number of methoxy groups -OCH3 is 1. The summed E-state index contributed by atoms with van der Waals surface area (Å²) < 4.78 is 42.3. The van der Waals surface area contributed by atoms with Crippen molar-refractivity contribution in [1.82, 2.24) is 14.5 Å². The number of rotatable bonds is 7.